The highest BCUT2D eigenvalue weighted by atomic mass is 31.2. The molecule has 0 aliphatic rings. The number of ether oxygens (including phenoxy) is 3. The summed E-state index contributed by atoms with van der Waals surface area (Å²) in [5, 5.41) is 9.79. The van der Waals surface area contributed by atoms with E-state index < -0.39 is 57.8 Å². The summed E-state index contributed by atoms with van der Waals surface area (Å²) in [6, 6.07) is 0. The van der Waals surface area contributed by atoms with E-state index in [0.717, 1.165) is 89.9 Å². The number of rotatable bonds is 51. The lowest BCUT2D eigenvalue weighted by Crippen LogP contribution is -2.30. The molecule has 0 aliphatic carbocycles. The molecule has 0 radical (unpaired) electrons. The SMILES string of the molecule is CC/C=C\C/C=C\C/C=C\C/C=C\CCCCCCC(=O)OC(COC(=O)CCCCCCCCCCCCC)COP(=O)(O)OCC(CO)OC(=O)CCCCCCCCCCCCCCC. The Morgan fingerprint density at radius 2 is 0.765 bits per heavy atom. The molecule has 0 aromatic rings. The first-order chi connectivity index (χ1) is 33.2. The lowest BCUT2D eigenvalue weighted by Gasteiger charge is -2.21. The van der Waals surface area contributed by atoms with E-state index in [-0.39, 0.29) is 25.9 Å². The molecule has 2 N–H and O–H groups in total. The number of hydrogen-bond donors (Lipinski definition) is 2. The maximum absolute atomic E-state index is 12.9. The lowest BCUT2D eigenvalue weighted by atomic mass is 10.0. The van der Waals surface area contributed by atoms with Crippen LogP contribution in [0.4, 0.5) is 0 Å². The summed E-state index contributed by atoms with van der Waals surface area (Å²) in [6.45, 7) is 4.51. The molecule has 0 saturated carbocycles. The quantitative estimate of drug-likeness (QED) is 0.0197. The monoisotopic (exact) mass is 981 g/mol. The number of esters is 3. The highest BCUT2D eigenvalue weighted by molar-refractivity contribution is 7.47. The van der Waals surface area contributed by atoms with Crippen LogP contribution in [0, 0.1) is 0 Å². The standard InChI is InChI=1S/C56H101O11P/c1-4-7-10-13-16-19-22-24-25-26-27-29-32-35-38-41-44-47-56(60)67-53(49-63-54(58)45-42-39-36-33-30-21-18-15-12-9-6-3)51-65-68(61,62)64-50-52(48-57)66-55(59)46-43-40-37-34-31-28-23-20-17-14-11-8-5-2/h7,10,16,19,24-25,27,29,52-53,57H,4-6,8-9,11-15,17-18,20-23,26,28,30-51H2,1-3H3,(H,61,62)/b10-7-,19-16-,25-24-,29-27-. The summed E-state index contributed by atoms with van der Waals surface area (Å²) in [5.41, 5.74) is 0. The number of aliphatic hydroxyl groups excluding tert-OH is 1. The second-order valence-corrected chi connectivity index (χ2v) is 19.8. The summed E-state index contributed by atoms with van der Waals surface area (Å²) < 4.78 is 39.4. The van der Waals surface area contributed by atoms with Gasteiger partial charge in [0.15, 0.2) is 6.10 Å². The van der Waals surface area contributed by atoms with Crippen molar-refractivity contribution in [1.82, 2.24) is 0 Å². The number of phosphoric ester groups is 1. The fraction of sp³-hybridized carbons (Fsp3) is 0.804. The van der Waals surface area contributed by atoms with Gasteiger partial charge in [-0.3, -0.25) is 23.4 Å². The Labute approximate surface area is 415 Å². The molecular weight excluding hydrogens is 880 g/mol. The van der Waals surface area contributed by atoms with Gasteiger partial charge in [0.05, 0.1) is 19.8 Å². The number of hydrogen-bond acceptors (Lipinski definition) is 10. The third-order valence-electron chi connectivity index (χ3n) is 11.8. The van der Waals surface area contributed by atoms with Gasteiger partial charge in [-0.2, -0.15) is 0 Å². The predicted octanol–water partition coefficient (Wildman–Crippen LogP) is 15.8. The highest BCUT2D eigenvalue weighted by Gasteiger charge is 2.28. The zero-order chi connectivity index (χ0) is 49.9. The average Bonchev–Trinajstić information content (AvgIpc) is 3.32. The minimum atomic E-state index is -4.74. The Kier molecular flexibility index (Phi) is 48.9. The number of phosphoric acid groups is 1. The second-order valence-electron chi connectivity index (χ2n) is 18.4. The van der Waals surface area contributed by atoms with Gasteiger partial charge in [0.2, 0.25) is 0 Å². The Hall–Kier alpha value is -2.56. The second kappa shape index (κ2) is 50.8. The number of carbonyl (C=O) groups excluding carboxylic acids is 3. The van der Waals surface area contributed by atoms with Crippen LogP contribution < -0.4 is 0 Å². The average molecular weight is 981 g/mol. The van der Waals surface area contributed by atoms with Crippen LogP contribution in [0.1, 0.15) is 252 Å². The van der Waals surface area contributed by atoms with E-state index in [1.165, 1.54) is 103 Å². The van der Waals surface area contributed by atoms with Gasteiger partial charge >= 0.3 is 25.7 Å². The lowest BCUT2D eigenvalue weighted by molar-refractivity contribution is -0.161. The van der Waals surface area contributed by atoms with Gasteiger partial charge in [0, 0.05) is 19.3 Å². The number of allylic oxidation sites excluding steroid dienone is 8. The van der Waals surface area contributed by atoms with E-state index in [1.807, 2.05) is 0 Å². The zero-order valence-electron chi connectivity index (χ0n) is 43.6. The van der Waals surface area contributed by atoms with E-state index in [9.17, 15) is 28.9 Å². The summed E-state index contributed by atoms with van der Waals surface area (Å²) in [6.07, 6.45) is 52.1. The van der Waals surface area contributed by atoms with E-state index in [2.05, 4.69) is 69.4 Å². The minimum absolute atomic E-state index is 0.142. The Bertz CT molecular complexity index is 1330. The molecule has 0 amide bonds. The molecule has 0 fully saturated rings. The Morgan fingerprint density at radius 1 is 0.426 bits per heavy atom. The molecule has 0 spiro atoms. The molecule has 3 atom stereocenters. The summed E-state index contributed by atoms with van der Waals surface area (Å²) >= 11 is 0. The van der Waals surface area contributed by atoms with Crippen molar-refractivity contribution in [3.05, 3.63) is 48.6 Å². The van der Waals surface area contributed by atoms with Crippen LogP contribution in [0.2, 0.25) is 0 Å². The van der Waals surface area contributed by atoms with Crippen molar-refractivity contribution in [2.24, 2.45) is 0 Å². The van der Waals surface area contributed by atoms with Crippen molar-refractivity contribution < 1.29 is 52.2 Å². The van der Waals surface area contributed by atoms with Crippen LogP contribution in [0.15, 0.2) is 48.6 Å². The van der Waals surface area contributed by atoms with Crippen molar-refractivity contribution in [2.45, 2.75) is 264 Å². The molecule has 0 aromatic heterocycles. The van der Waals surface area contributed by atoms with Gasteiger partial charge in [0.1, 0.15) is 12.7 Å². The Balaban J connectivity index is 4.74. The van der Waals surface area contributed by atoms with Gasteiger partial charge in [-0.1, -0.05) is 223 Å². The highest BCUT2D eigenvalue weighted by Crippen LogP contribution is 2.43. The van der Waals surface area contributed by atoms with Crippen LogP contribution >= 0.6 is 7.82 Å². The van der Waals surface area contributed by atoms with Crippen molar-refractivity contribution >= 4 is 25.7 Å². The smallest absolute Gasteiger partial charge is 0.462 e. The predicted molar refractivity (Wildman–Crippen MR) is 279 cm³/mol. The summed E-state index contributed by atoms with van der Waals surface area (Å²) in [7, 11) is -4.74. The summed E-state index contributed by atoms with van der Waals surface area (Å²) in [4.78, 5) is 48.4. The molecular formula is C56H101O11P. The maximum Gasteiger partial charge on any atom is 0.472 e. The first kappa shape index (κ1) is 65.4. The van der Waals surface area contributed by atoms with Gasteiger partial charge in [-0.15, -0.1) is 0 Å². The van der Waals surface area contributed by atoms with Gasteiger partial charge < -0.3 is 24.2 Å². The molecule has 0 bridgehead atoms. The van der Waals surface area contributed by atoms with Gasteiger partial charge in [0.25, 0.3) is 0 Å². The molecule has 11 nitrogen and oxygen atoms in total. The van der Waals surface area contributed by atoms with E-state index >= 15 is 0 Å². The molecule has 3 unspecified atom stereocenters. The molecule has 12 heteroatoms. The molecule has 0 rings (SSSR count). The van der Waals surface area contributed by atoms with Crippen molar-refractivity contribution in [2.75, 3.05) is 26.4 Å². The first-order valence-corrected chi connectivity index (χ1v) is 29.0. The number of carbonyl (C=O) groups is 3. The molecule has 0 heterocycles. The van der Waals surface area contributed by atoms with Crippen molar-refractivity contribution in [3.63, 3.8) is 0 Å². The molecule has 68 heavy (non-hydrogen) atoms. The zero-order valence-corrected chi connectivity index (χ0v) is 44.5. The molecule has 0 aromatic carbocycles. The minimum Gasteiger partial charge on any atom is -0.462 e. The third kappa shape index (κ3) is 48.5. The van der Waals surface area contributed by atoms with Gasteiger partial charge in [-0.25, -0.2) is 4.57 Å². The fourth-order valence-corrected chi connectivity index (χ4v) is 8.37. The van der Waals surface area contributed by atoms with Crippen LogP contribution in [0.5, 0.6) is 0 Å². The van der Waals surface area contributed by atoms with Crippen LogP contribution in [0.3, 0.4) is 0 Å². The largest absolute Gasteiger partial charge is 0.472 e. The fourth-order valence-electron chi connectivity index (χ4n) is 7.58. The van der Waals surface area contributed by atoms with E-state index in [1.54, 1.807) is 0 Å². The van der Waals surface area contributed by atoms with Crippen LogP contribution in [-0.2, 0) is 42.2 Å². The Morgan fingerprint density at radius 3 is 1.18 bits per heavy atom. The topological polar surface area (TPSA) is 155 Å². The molecule has 0 saturated heterocycles. The normalized spacial score (nSPS) is 13.8. The van der Waals surface area contributed by atoms with Crippen LogP contribution in [-0.4, -0.2) is 66.5 Å². The molecule has 396 valence electrons. The third-order valence-corrected chi connectivity index (χ3v) is 12.7. The summed E-state index contributed by atoms with van der Waals surface area (Å²) in [5.74, 6) is -1.48. The van der Waals surface area contributed by atoms with E-state index in [0.29, 0.717) is 19.3 Å². The van der Waals surface area contributed by atoms with E-state index in [4.69, 9.17) is 23.3 Å². The van der Waals surface area contributed by atoms with Crippen molar-refractivity contribution in [3.8, 4) is 0 Å². The van der Waals surface area contributed by atoms with Crippen LogP contribution in [0.25, 0.3) is 0 Å². The first-order valence-electron chi connectivity index (χ1n) is 27.5. The van der Waals surface area contributed by atoms with Gasteiger partial charge in [-0.05, 0) is 57.8 Å². The number of aliphatic hydroxyl groups is 1. The number of unbranched alkanes of at least 4 members (excludes halogenated alkanes) is 26. The maximum atomic E-state index is 12.9. The molecule has 0 aliphatic heterocycles. The van der Waals surface area contributed by atoms with Crippen molar-refractivity contribution in [1.29, 1.82) is 0 Å².